The summed E-state index contributed by atoms with van der Waals surface area (Å²) in [5, 5.41) is 9.37. The number of halogens is 5. The van der Waals surface area contributed by atoms with Crippen molar-refractivity contribution in [3.8, 4) is 0 Å². The molecule has 2 aliphatic rings. The molecule has 7 nitrogen and oxygen atoms in total. The molecule has 2 N–H and O–H groups in total. The van der Waals surface area contributed by atoms with Crippen molar-refractivity contribution < 1.29 is 22.4 Å². The molecule has 2 fully saturated rings. The van der Waals surface area contributed by atoms with Gasteiger partial charge in [-0.3, -0.25) is 0 Å². The summed E-state index contributed by atoms with van der Waals surface area (Å²) in [5.41, 5.74) is 0.0655. The van der Waals surface area contributed by atoms with Crippen molar-refractivity contribution in [3.05, 3.63) is 52.8 Å². The van der Waals surface area contributed by atoms with Crippen LogP contribution in [0.3, 0.4) is 0 Å². The third-order valence-corrected chi connectivity index (χ3v) is 5.72. The van der Waals surface area contributed by atoms with Crippen molar-refractivity contribution in [3.63, 3.8) is 0 Å². The number of amides is 2. The van der Waals surface area contributed by atoms with E-state index >= 15 is 0 Å². The van der Waals surface area contributed by atoms with Crippen molar-refractivity contribution in [2.75, 3.05) is 16.8 Å². The van der Waals surface area contributed by atoms with Gasteiger partial charge in [-0.05, 0) is 37.1 Å². The monoisotopic (exact) mass is 468 g/mol. The Balaban J connectivity index is 1.52. The summed E-state index contributed by atoms with van der Waals surface area (Å²) < 4.78 is 58.1. The average Bonchev–Trinajstić information content (AvgIpc) is 3.41. The highest BCUT2D eigenvalue weighted by Gasteiger charge is 2.47. The van der Waals surface area contributed by atoms with E-state index in [2.05, 4.69) is 20.7 Å². The van der Waals surface area contributed by atoms with E-state index in [1.807, 2.05) is 0 Å². The third-order valence-electron chi connectivity index (χ3n) is 5.46. The van der Waals surface area contributed by atoms with Crippen LogP contribution in [0.5, 0.6) is 0 Å². The van der Waals surface area contributed by atoms with Gasteiger partial charge in [0, 0.05) is 24.2 Å². The van der Waals surface area contributed by atoms with Crippen LogP contribution >= 0.6 is 11.6 Å². The van der Waals surface area contributed by atoms with E-state index in [0.717, 1.165) is 31.0 Å². The van der Waals surface area contributed by atoms with E-state index < -0.39 is 42.6 Å². The van der Waals surface area contributed by atoms with Gasteiger partial charge < -0.3 is 15.5 Å². The Morgan fingerprint density at radius 1 is 1.22 bits per heavy atom. The lowest BCUT2D eigenvalue weighted by atomic mass is 10.0. The number of carbonyl (C=O) groups excluding carboxylic acids is 1. The molecule has 2 amide bonds. The number of hydrogen-bond donors (Lipinski definition) is 2. The number of aromatic nitrogens is 3. The first-order valence-electron chi connectivity index (χ1n) is 9.92. The number of rotatable bonds is 4. The van der Waals surface area contributed by atoms with Gasteiger partial charge in [-0.1, -0.05) is 11.6 Å². The minimum absolute atomic E-state index is 0.0277. The van der Waals surface area contributed by atoms with E-state index in [9.17, 15) is 22.4 Å². The average molecular weight is 469 g/mol. The van der Waals surface area contributed by atoms with Gasteiger partial charge in [0.25, 0.3) is 5.92 Å². The van der Waals surface area contributed by atoms with Crippen LogP contribution in [0.25, 0.3) is 5.65 Å². The Labute approximate surface area is 184 Å². The normalized spacial score (nSPS) is 20.0. The van der Waals surface area contributed by atoms with Gasteiger partial charge in [-0.25, -0.2) is 31.9 Å². The second-order valence-corrected chi connectivity index (χ2v) is 8.32. The number of fused-ring (bicyclic) bond motifs is 1. The fraction of sp³-hybridized carbons (Fsp3) is 0.350. The van der Waals surface area contributed by atoms with Crippen LogP contribution in [0.1, 0.15) is 30.9 Å². The van der Waals surface area contributed by atoms with E-state index in [1.165, 1.54) is 21.7 Å². The van der Waals surface area contributed by atoms with Crippen molar-refractivity contribution in [2.24, 2.45) is 0 Å². The molecule has 32 heavy (non-hydrogen) atoms. The zero-order valence-electron chi connectivity index (χ0n) is 16.5. The molecule has 0 radical (unpaired) electrons. The topological polar surface area (TPSA) is 74.6 Å². The predicted octanol–water partition coefficient (Wildman–Crippen LogP) is 4.53. The summed E-state index contributed by atoms with van der Waals surface area (Å²) in [6, 6.07) is 2.67. The van der Waals surface area contributed by atoms with Crippen LogP contribution in [-0.2, 0) is 0 Å². The number of nitrogens with one attached hydrogen (secondary N) is 2. The number of nitrogens with zero attached hydrogens (tertiary/aromatic N) is 4. The van der Waals surface area contributed by atoms with Crippen LogP contribution < -0.4 is 15.5 Å². The molecular weight excluding hydrogens is 452 g/mol. The summed E-state index contributed by atoms with van der Waals surface area (Å²) in [6.07, 6.45) is 2.52. The van der Waals surface area contributed by atoms with Gasteiger partial charge in [0.15, 0.2) is 10.8 Å². The van der Waals surface area contributed by atoms with Crippen molar-refractivity contribution in [1.29, 1.82) is 0 Å². The van der Waals surface area contributed by atoms with E-state index in [4.69, 9.17) is 11.6 Å². The van der Waals surface area contributed by atoms with Crippen LogP contribution in [0.2, 0.25) is 5.15 Å². The SMILES string of the molecule is O=C(Nc1c(Cl)nn2ccc(N3CC(F)(F)C[C@@H]3c3cc(F)ccc3F)nc12)NC1CC1. The minimum atomic E-state index is -3.14. The molecule has 3 aromatic rings. The van der Waals surface area contributed by atoms with Crippen LogP contribution in [0.15, 0.2) is 30.5 Å². The Bertz CT molecular complexity index is 1210. The fourth-order valence-corrected chi connectivity index (χ4v) is 4.04. The summed E-state index contributed by atoms with van der Waals surface area (Å²) in [5.74, 6) is -4.56. The molecule has 0 bridgehead atoms. The lowest BCUT2D eigenvalue weighted by Crippen LogP contribution is -2.30. The quantitative estimate of drug-likeness (QED) is 0.552. The summed E-state index contributed by atoms with van der Waals surface area (Å²) >= 11 is 6.14. The molecule has 2 aromatic heterocycles. The number of hydrogen-bond acceptors (Lipinski definition) is 4. The van der Waals surface area contributed by atoms with Gasteiger partial charge in [-0.2, -0.15) is 5.10 Å². The third kappa shape index (κ3) is 3.92. The molecule has 12 heteroatoms. The molecule has 1 saturated heterocycles. The molecule has 1 aromatic carbocycles. The molecule has 0 spiro atoms. The number of carbonyl (C=O) groups is 1. The molecular formula is C20H17ClF4N6O. The largest absolute Gasteiger partial charge is 0.343 e. The first kappa shape index (κ1) is 20.8. The molecule has 5 rings (SSSR count). The lowest BCUT2D eigenvalue weighted by molar-refractivity contribution is 0.0221. The maximum Gasteiger partial charge on any atom is 0.319 e. The van der Waals surface area contributed by atoms with Gasteiger partial charge in [0.05, 0.1) is 12.6 Å². The maximum atomic E-state index is 14.4. The number of urea groups is 1. The number of alkyl halides is 2. The van der Waals surface area contributed by atoms with Crippen LogP contribution in [-0.4, -0.2) is 39.1 Å². The molecule has 1 saturated carbocycles. The molecule has 1 aliphatic heterocycles. The number of benzene rings is 1. The standard InChI is InChI=1S/C20H17ClF4N6O/c21-17-16(28-19(32)26-11-2-3-11)18-27-15(5-6-31(18)29-17)30-9-20(24,25)8-14(30)12-7-10(22)1-4-13(12)23/h1,4-7,11,14H,2-3,8-9H2,(H2,26,28,32)/t14-/m1/s1. The second-order valence-electron chi connectivity index (χ2n) is 7.96. The summed E-state index contributed by atoms with van der Waals surface area (Å²) in [7, 11) is 0. The zero-order chi connectivity index (χ0) is 22.6. The maximum absolute atomic E-state index is 14.4. The van der Waals surface area contributed by atoms with Crippen molar-refractivity contribution in [1.82, 2.24) is 19.9 Å². The predicted molar refractivity (Wildman–Crippen MR) is 109 cm³/mol. The van der Waals surface area contributed by atoms with Gasteiger partial charge in [0.2, 0.25) is 0 Å². The lowest BCUT2D eigenvalue weighted by Gasteiger charge is -2.25. The van der Waals surface area contributed by atoms with Crippen LogP contribution in [0.4, 0.5) is 33.9 Å². The number of anilines is 2. The Morgan fingerprint density at radius 2 is 2.00 bits per heavy atom. The minimum Gasteiger partial charge on any atom is -0.343 e. The van der Waals surface area contributed by atoms with Crippen LogP contribution in [0, 0.1) is 11.6 Å². The van der Waals surface area contributed by atoms with Gasteiger partial charge in [0.1, 0.15) is 23.1 Å². The van der Waals surface area contributed by atoms with E-state index in [1.54, 1.807) is 0 Å². The van der Waals surface area contributed by atoms with E-state index in [-0.39, 0.29) is 33.9 Å². The molecule has 0 unspecified atom stereocenters. The van der Waals surface area contributed by atoms with Crippen molar-refractivity contribution in [2.45, 2.75) is 37.3 Å². The Morgan fingerprint density at radius 3 is 2.75 bits per heavy atom. The molecule has 168 valence electrons. The summed E-state index contributed by atoms with van der Waals surface area (Å²) in [6.45, 7) is -0.733. The zero-order valence-corrected chi connectivity index (χ0v) is 17.2. The Kier molecular flexibility index (Phi) is 4.88. The fourth-order valence-electron chi connectivity index (χ4n) is 3.83. The molecule has 1 atom stereocenters. The van der Waals surface area contributed by atoms with Crippen molar-refractivity contribution >= 4 is 34.8 Å². The molecule has 1 aliphatic carbocycles. The first-order chi connectivity index (χ1) is 15.2. The van der Waals surface area contributed by atoms with Gasteiger partial charge in [-0.15, -0.1) is 0 Å². The smallest absolute Gasteiger partial charge is 0.319 e. The highest BCUT2D eigenvalue weighted by molar-refractivity contribution is 6.33. The first-order valence-corrected chi connectivity index (χ1v) is 10.3. The highest BCUT2D eigenvalue weighted by Crippen LogP contribution is 2.44. The summed E-state index contributed by atoms with van der Waals surface area (Å²) in [4.78, 5) is 17.7. The second kappa shape index (κ2) is 7.51. The Hall–Kier alpha value is -3.08. The van der Waals surface area contributed by atoms with Gasteiger partial charge >= 0.3 is 6.03 Å². The molecule has 3 heterocycles. The highest BCUT2D eigenvalue weighted by atomic mass is 35.5. The van der Waals surface area contributed by atoms with E-state index in [0.29, 0.717) is 0 Å².